The number of methoxy groups -OCH3 is 1. The molecule has 2 unspecified atom stereocenters. The van der Waals surface area contributed by atoms with Crippen LogP contribution in [-0.2, 0) is 4.79 Å². The van der Waals surface area contributed by atoms with Gasteiger partial charge < -0.3 is 10.1 Å². The number of allylic oxidation sites excluding steroid dienone is 2. The molecule has 2 heterocycles. The highest BCUT2D eigenvalue weighted by molar-refractivity contribution is 9.10. The number of benzene rings is 3. The Bertz CT molecular complexity index is 1460. The van der Waals surface area contributed by atoms with E-state index in [1.807, 2.05) is 42.5 Å². The normalized spacial score (nSPS) is 19.4. The second-order valence-electron chi connectivity index (χ2n) is 8.87. The highest BCUT2D eigenvalue weighted by atomic mass is 79.9. The molecule has 0 fully saturated rings. The van der Waals surface area contributed by atoms with E-state index in [0.29, 0.717) is 6.42 Å². The predicted molar refractivity (Wildman–Crippen MR) is 138 cm³/mol. The SMILES string of the molecule is COc1ccc(Br)cc1C1C2=C(CC(c3ccccc3)CC2=O)Nc2ccc3ncccc3c21. The highest BCUT2D eigenvalue weighted by Crippen LogP contribution is 2.51. The van der Waals surface area contributed by atoms with Crippen LogP contribution in [0.15, 0.2) is 94.7 Å². The maximum atomic E-state index is 13.9. The summed E-state index contributed by atoms with van der Waals surface area (Å²) in [5.74, 6) is 0.873. The molecule has 1 aromatic heterocycles. The number of nitrogens with zero attached hydrogens (tertiary/aromatic N) is 1. The van der Waals surface area contributed by atoms with Gasteiger partial charge >= 0.3 is 0 Å². The Labute approximate surface area is 206 Å². The lowest BCUT2D eigenvalue weighted by molar-refractivity contribution is -0.116. The Morgan fingerprint density at radius 2 is 1.85 bits per heavy atom. The fourth-order valence-corrected chi connectivity index (χ4v) is 5.87. The van der Waals surface area contributed by atoms with Gasteiger partial charge in [-0.3, -0.25) is 9.78 Å². The number of Topliss-reactive ketones (excluding diaryl/α,β-unsaturated/α-hetero) is 1. The van der Waals surface area contributed by atoms with Crippen molar-refractivity contribution in [2.24, 2.45) is 0 Å². The lowest BCUT2D eigenvalue weighted by Gasteiger charge is -2.37. The standard InChI is InChI=1S/C29H23BrN2O2/c1-34-26-12-9-19(30)16-21(26)28-27-20-8-5-13-31-22(20)10-11-23(27)32-24-14-18(15-25(33)29(24)28)17-6-3-2-4-7-17/h2-13,16,18,28,32H,14-15H2,1H3. The van der Waals surface area contributed by atoms with E-state index in [-0.39, 0.29) is 17.6 Å². The summed E-state index contributed by atoms with van der Waals surface area (Å²) in [6.07, 6.45) is 3.10. The van der Waals surface area contributed by atoms with Gasteiger partial charge in [0.25, 0.3) is 0 Å². The zero-order valence-corrected chi connectivity index (χ0v) is 20.3. The lowest BCUT2D eigenvalue weighted by atomic mass is 9.71. The number of aromatic nitrogens is 1. The molecule has 168 valence electrons. The minimum Gasteiger partial charge on any atom is -0.496 e. The largest absolute Gasteiger partial charge is 0.496 e. The molecule has 1 N–H and O–H groups in total. The summed E-state index contributed by atoms with van der Waals surface area (Å²) in [6.45, 7) is 0. The number of ether oxygens (including phenoxy) is 1. The summed E-state index contributed by atoms with van der Waals surface area (Å²) < 4.78 is 6.75. The molecule has 6 rings (SSSR count). The second kappa shape index (κ2) is 8.41. The average molecular weight is 511 g/mol. The van der Waals surface area contributed by atoms with Crippen LogP contribution in [0, 0.1) is 0 Å². The third kappa shape index (κ3) is 3.43. The minimum atomic E-state index is -0.240. The van der Waals surface area contributed by atoms with Gasteiger partial charge in [0.2, 0.25) is 0 Å². The van der Waals surface area contributed by atoms with E-state index in [0.717, 1.165) is 55.6 Å². The quantitative estimate of drug-likeness (QED) is 0.323. The number of carbonyl (C=O) groups is 1. The maximum absolute atomic E-state index is 13.9. The van der Waals surface area contributed by atoms with Gasteiger partial charge in [-0.25, -0.2) is 0 Å². The van der Waals surface area contributed by atoms with Crippen LogP contribution in [0.4, 0.5) is 5.69 Å². The van der Waals surface area contributed by atoms with E-state index < -0.39 is 0 Å². The smallest absolute Gasteiger partial charge is 0.162 e. The molecule has 0 radical (unpaired) electrons. The third-order valence-electron chi connectivity index (χ3n) is 6.97. The van der Waals surface area contributed by atoms with Crippen molar-refractivity contribution < 1.29 is 9.53 Å². The first-order valence-corrected chi connectivity index (χ1v) is 12.2. The molecule has 1 aliphatic heterocycles. The Morgan fingerprint density at radius 3 is 2.68 bits per heavy atom. The molecule has 3 aromatic carbocycles. The van der Waals surface area contributed by atoms with Crippen LogP contribution < -0.4 is 10.1 Å². The Hall–Kier alpha value is -3.44. The van der Waals surface area contributed by atoms with E-state index in [2.05, 4.69) is 56.6 Å². The fraction of sp³-hybridized carbons (Fsp3) is 0.172. The predicted octanol–water partition coefficient (Wildman–Crippen LogP) is 6.96. The summed E-state index contributed by atoms with van der Waals surface area (Å²) in [5.41, 5.74) is 7.04. The number of halogens is 1. The van der Waals surface area contributed by atoms with Gasteiger partial charge in [-0.1, -0.05) is 52.3 Å². The third-order valence-corrected chi connectivity index (χ3v) is 7.46. The number of ketones is 1. The molecule has 0 amide bonds. The molecule has 0 saturated carbocycles. The highest BCUT2D eigenvalue weighted by Gasteiger charge is 2.40. The van der Waals surface area contributed by atoms with Crippen molar-refractivity contribution in [1.82, 2.24) is 4.98 Å². The summed E-state index contributed by atoms with van der Waals surface area (Å²) in [5, 5.41) is 4.70. The molecule has 4 aromatic rings. The van der Waals surface area contributed by atoms with Crippen LogP contribution in [0.3, 0.4) is 0 Å². The first-order chi connectivity index (χ1) is 16.6. The number of carbonyl (C=O) groups excluding carboxylic acids is 1. The monoisotopic (exact) mass is 510 g/mol. The van der Waals surface area contributed by atoms with Crippen molar-refractivity contribution in [2.45, 2.75) is 24.7 Å². The first kappa shape index (κ1) is 21.1. The number of pyridine rings is 1. The van der Waals surface area contributed by atoms with Gasteiger partial charge in [-0.15, -0.1) is 0 Å². The van der Waals surface area contributed by atoms with Crippen molar-refractivity contribution in [1.29, 1.82) is 0 Å². The van der Waals surface area contributed by atoms with Crippen molar-refractivity contribution in [3.8, 4) is 5.75 Å². The molecule has 2 atom stereocenters. The molecule has 0 bridgehead atoms. The zero-order valence-electron chi connectivity index (χ0n) is 18.7. The minimum absolute atomic E-state index is 0.161. The van der Waals surface area contributed by atoms with Gasteiger partial charge in [-0.05, 0) is 59.9 Å². The molecule has 34 heavy (non-hydrogen) atoms. The lowest BCUT2D eigenvalue weighted by Crippen LogP contribution is -2.30. The van der Waals surface area contributed by atoms with E-state index >= 15 is 0 Å². The summed E-state index contributed by atoms with van der Waals surface area (Å²) in [4.78, 5) is 18.4. The first-order valence-electron chi connectivity index (χ1n) is 11.4. The van der Waals surface area contributed by atoms with E-state index in [9.17, 15) is 4.79 Å². The Kier molecular flexibility index (Phi) is 5.22. The molecular formula is C29H23BrN2O2. The van der Waals surface area contributed by atoms with Gasteiger partial charge in [0.15, 0.2) is 5.78 Å². The molecule has 0 saturated heterocycles. The summed E-state index contributed by atoms with van der Waals surface area (Å²) in [6, 6.07) is 24.5. The molecule has 1 aliphatic carbocycles. The van der Waals surface area contributed by atoms with Crippen LogP contribution in [-0.4, -0.2) is 17.9 Å². The Balaban J connectivity index is 1.60. The maximum Gasteiger partial charge on any atom is 0.162 e. The van der Waals surface area contributed by atoms with Gasteiger partial charge in [0.1, 0.15) is 5.75 Å². The van der Waals surface area contributed by atoms with Crippen LogP contribution in [0.1, 0.15) is 41.4 Å². The van der Waals surface area contributed by atoms with Crippen LogP contribution in [0.25, 0.3) is 10.9 Å². The topological polar surface area (TPSA) is 51.2 Å². The number of hydrogen-bond donors (Lipinski definition) is 1. The molecular weight excluding hydrogens is 488 g/mol. The van der Waals surface area contributed by atoms with E-state index in [1.165, 1.54) is 5.56 Å². The molecule has 5 heteroatoms. The van der Waals surface area contributed by atoms with E-state index in [1.54, 1.807) is 13.3 Å². The van der Waals surface area contributed by atoms with Crippen molar-refractivity contribution in [3.05, 3.63) is 111 Å². The molecule has 4 nitrogen and oxygen atoms in total. The number of fused-ring (bicyclic) bond motifs is 3. The van der Waals surface area contributed by atoms with Crippen LogP contribution in [0.2, 0.25) is 0 Å². The fourth-order valence-electron chi connectivity index (χ4n) is 5.49. The van der Waals surface area contributed by atoms with Gasteiger partial charge in [-0.2, -0.15) is 0 Å². The number of hydrogen-bond acceptors (Lipinski definition) is 4. The average Bonchev–Trinajstić information content (AvgIpc) is 2.87. The van der Waals surface area contributed by atoms with Crippen LogP contribution in [0.5, 0.6) is 5.75 Å². The summed E-state index contributed by atoms with van der Waals surface area (Å²) >= 11 is 3.64. The second-order valence-corrected chi connectivity index (χ2v) is 9.79. The van der Waals surface area contributed by atoms with Gasteiger partial charge in [0.05, 0.1) is 12.6 Å². The molecule has 0 spiro atoms. The van der Waals surface area contributed by atoms with E-state index in [4.69, 9.17) is 4.74 Å². The van der Waals surface area contributed by atoms with Crippen LogP contribution >= 0.6 is 15.9 Å². The number of nitrogens with one attached hydrogen (secondary N) is 1. The number of rotatable bonds is 3. The Morgan fingerprint density at radius 1 is 1.00 bits per heavy atom. The van der Waals surface area contributed by atoms with Crippen molar-refractivity contribution >= 4 is 38.3 Å². The number of anilines is 1. The molecule has 2 aliphatic rings. The summed E-state index contributed by atoms with van der Waals surface area (Å²) in [7, 11) is 1.68. The van der Waals surface area contributed by atoms with Crippen molar-refractivity contribution in [3.63, 3.8) is 0 Å². The van der Waals surface area contributed by atoms with Crippen molar-refractivity contribution in [2.75, 3.05) is 12.4 Å². The zero-order chi connectivity index (χ0) is 23.2. The van der Waals surface area contributed by atoms with Gasteiger partial charge in [0, 0.05) is 50.9 Å².